The third-order valence-electron chi connectivity index (χ3n) is 5.72. The maximum Gasteiger partial charge on any atom is 0.416 e. The zero-order chi connectivity index (χ0) is 26.0. The fraction of sp³-hybridized carbons (Fsp3) is 0.348. The van der Waals surface area contributed by atoms with E-state index in [1.807, 2.05) is 6.92 Å². The molecule has 2 amide bonds. The zero-order valence-electron chi connectivity index (χ0n) is 19.5. The van der Waals surface area contributed by atoms with Crippen molar-refractivity contribution in [2.75, 3.05) is 25.2 Å². The van der Waals surface area contributed by atoms with Crippen LogP contribution in [0.15, 0.2) is 53.7 Å². The molecule has 0 bridgehead atoms. The van der Waals surface area contributed by atoms with Crippen LogP contribution >= 0.6 is 21.6 Å². The molecule has 0 spiro atoms. The maximum atomic E-state index is 13.3. The number of carbonyl (C=O) groups excluding carboxylic acids is 2. The molecule has 1 N–H and O–H groups in total. The molecule has 0 aliphatic carbocycles. The van der Waals surface area contributed by atoms with Crippen LogP contribution in [0.4, 0.5) is 16.2 Å². The van der Waals surface area contributed by atoms with Gasteiger partial charge in [-0.15, -0.1) is 0 Å². The van der Waals surface area contributed by atoms with Gasteiger partial charge in [-0.05, 0) is 48.4 Å². The van der Waals surface area contributed by atoms with Crippen molar-refractivity contribution in [3.63, 3.8) is 0 Å². The summed E-state index contributed by atoms with van der Waals surface area (Å²) in [6.45, 7) is 6.11. The number of amides is 2. The molecule has 3 atom stereocenters. The monoisotopic (exact) mass is 532 g/mol. The van der Waals surface area contributed by atoms with Crippen molar-refractivity contribution in [2.45, 2.75) is 35.9 Å². The van der Waals surface area contributed by atoms with E-state index in [0.717, 1.165) is 10.5 Å². The molecule has 1 aromatic carbocycles. The smallest absolute Gasteiger partial charge is 0.416 e. The summed E-state index contributed by atoms with van der Waals surface area (Å²) in [6.07, 6.45) is -0.556. The van der Waals surface area contributed by atoms with Crippen molar-refractivity contribution in [2.24, 2.45) is 0 Å². The maximum absolute atomic E-state index is 13.3. The number of aromatic nitrogens is 1. The predicted molar refractivity (Wildman–Crippen MR) is 135 cm³/mol. The number of ether oxygens (including phenoxy) is 2. The summed E-state index contributed by atoms with van der Waals surface area (Å²) in [5.41, 5.74) is 1.16. The largest absolute Gasteiger partial charge is 0.497 e. The quantitative estimate of drug-likeness (QED) is 0.242. The Morgan fingerprint density at radius 2 is 2.17 bits per heavy atom. The van der Waals surface area contributed by atoms with Gasteiger partial charge in [0.25, 0.3) is 11.6 Å². The van der Waals surface area contributed by atoms with Crippen LogP contribution in [0.2, 0.25) is 0 Å². The first-order chi connectivity index (χ1) is 17.2. The van der Waals surface area contributed by atoms with Crippen LogP contribution in [0.3, 0.4) is 0 Å². The lowest BCUT2D eigenvalue weighted by Crippen LogP contribution is -2.51. The van der Waals surface area contributed by atoms with Gasteiger partial charge in [-0.1, -0.05) is 22.9 Å². The molecule has 3 heterocycles. The van der Waals surface area contributed by atoms with Crippen molar-refractivity contribution >= 4 is 45.0 Å². The van der Waals surface area contributed by atoms with Crippen molar-refractivity contribution < 1.29 is 29.1 Å². The van der Waals surface area contributed by atoms with E-state index in [2.05, 4.69) is 11.6 Å². The number of hydrogen-bond donors (Lipinski definition) is 1. The highest BCUT2D eigenvalue weighted by Crippen LogP contribution is 2.38. The minimum Gasteiger partial charge on any atom is -0.497 e. The molecule has 11 nitrogen and oxygen atoms in total. The predicted octanol–water partition coefficient (Wildman–Crippen LogP) is 3.87. The Kier molecular flexibility index (Phi) is 7.71. The first-order valence-corrected chi connectivity index (χ1v) is 13.1. The summed E-state index contributed by atoms with van der Waals surface area (Å²) in [5, 5.41) is 22.3. The van der Waals surface area contributed by atoms with Crippen LogP contribution in [-0.2, 0) is 4.74 Å². The summed E-state index contributed by atoms with van der Waals surface area (Å²) < 4.78 is 10.8. The van der Waals surface area contributed by atoms with Gasteiger partial charge in [0.15, 0.2) is 6.23 Å². The number of nitrogens with zero attached hydrogens (tertiary/aromatic N) is 4. The second kappa shape index (κ2) is 10.8. The van der Waals surface area contributed by atoms with E-state index in [4.69, 9.17) is 9.47 Å². The van der Waals surface area contributed by atoms with Gasteiger partial charge >= 0.3 is 6.09 Å². The molecule has 190 valence electrons. The molecule has 36 heavy (non-hydrogen) atoms. The number of aliphatic hydroxyl groups excluding tert-OH is 1. The van der Waals surface area contributed by atoms with Crippen molar-refractivity contribution in [1.29, 1.82) is 0 Å². The van der Waals surface area contributed by atoms with E-state index in [-0.39, 0.29) is 34.7 Å². The fourth-order valence-electron chi connectivity index (χ4n) is 3.96. The summed E-state index contributed by atoms with van der Waals surface area (Å²) >= 11 is 0. The van der Waals surface area contributed by atoms with E-state index < -0.39 is 23.3 Å². The van der Waals surface area contributed by atoms with Crippen LogP contribution in [0.5, 0.6) is 5.75 Å². The molecule has 4 rings (SSSR count). The Hall–Kier alpha value is -3.29. The van der Waals surface area contributed by atoms with E-state index in [0.29, 0.717) is 23.7 Å². The van der Waals surface area contributed by atoms with Gasteiger partial charge in [-0.3, -0.25) is 14.9 Å². The van der Waals surface area contributed by atoms with Gasteiger partial charge in [-0.25, -0.2) is 14.7 Å². The first-order valence-electron chi connectivity index (χ1n) is 10.9. The molecule has 2 aliphatic heterocycles. The lowest BCUT2D eigenvalue weighted by molar-refractivity contribution is -0.385. The molecule has 0 radical (unpaired) electrons. The number of fused-ring (bicyclic) bond motifs is 2. The molecule has 1 saturated heterocycles. The number of hydrogen-bond acceptors (Lipinski definition) is 10. The number of rotatable bonds is 7. The SMILES string of the molecule is C=C1CC2C(O)N(C(=O)OC[C@@H](C)SSc3ccc([N+](=O)[O-])cn3)c3ccc(OC)cc3C(=O)N2C1. The Bertz CT molecular complexity index is 1190. The highest BCUT2D eigenvalue weighted by molar-refractivity contribution is 8.76. The van der Waals surface area contributed by atoms with Gasteiger partial charge in [0, 0.05) is 17.9 Å². The highest BCUT2D eigenvalue weighted by atomic mass is 33.1. The van der Waals surface area contributed by atoms with E-state index in [1.54, 1.807) is 24.3 Å². The Balaban J connectivity index is 1.46. The number of carbonyl (C=O) groups is 2. The van der Waals surface area contributed by atoms with E-state index >= 15 is 0 Å². The lowest BCUT2D eigenvalue weighted by atomic mass is 10.1. The molecular weight excluding hydrogens is 508 g/mol. The number of benzene rings is 1. The highest BCUT2D eigenvalue weighted by Gasteiger charge is 2.45. The Morgan fingerprint density at radius 3 is 2.83 bits per heavy atom. The molecule has 13 heteroatoms. The average Bonchev–Trinajstić information content (AvgIpc) is 3.24. The van der Waals surface area contributed by atoms with E-state index in [1.165, 1.54) is 45.9 Å². The van der Waals surface area contributed by atoms with Crippen molar-refractivity contribution in [3.05, 3.63) is 64.4 Å². The van der Waals surface area contributed by atoms with Crippen LogP contribution in [0, 0.1) is 10.1 Å². The summed E-state index contributed by atoms with van der Waals surface area (Å²) in [5.74, 6) is 0.126. The minimum atomic E-state index is -1.32. The first kappa shape index (κ1) is 25.8. The number of anilines is 1. The van der Waals surface area contributed by atoms with Crippen molar-refractivity contribution in [3.8, 4) is 5.75 Å². The fourth-order valence-corrected chi connectivity index (χ4v) is 5.82. The number of pyridine rings is 1. The van der Waals surface area contributed by atoms with Gasteiger partial charge in [0.1, 0.15) is 23.6 Å². The van der Waals surface area contributed by atoms with E-state index in [9.17, 15) is 24.8 Å². The van der Waals surface area contributed by atoms with Gasteiger partial charge in [0.2, 0.25) is 0 Å². The number of aliphatic hydroxyl groups is 1. The summed E-state index contributed by atoms with van der Waals surface area (Å²) in [4.78, 5) is 43.4. The topological polar surface area (TPSA) is 135 Å². The third-order valence-corrected chi connectivity index (χ3v) is 8.48. The molecule has 2 aromatic rings. The molecule has 2 unspecified atom stereocenters. The lowest BCUT2D eigenvalue weighted by Gasteiger charge is -2.31. The molecule has 2 aliphatic rings. The normalized spacial score (nSPS) is 19.9. The zero-order valence-corrected chi connectivity index (χ0v) is 21.2. The van der Waals surface area contributed by atoms with Crippen molar-refractivity contribution in [1.82, 2.24) is 9.88 Å². The van der Waals surface area contributed by atoms with Crippen LogP contribution < -0.4 is 9.64 Å². The summed E-state index contributed by atoms with van der Waals surface area (Å²) in [6, 6.07) is 6.98. The van der Waals surface area contributed by atoms with Crippen LogP contribution in [-0.4, -0.2) is 69.7 Å². The summed E-state index contributed by atoms with van der Waals surface area (Å²) in [7, 11) is 4.16. The third kappa shape index (κ3) is 5.27. The van der Waals surface area contributed by atoms with Gasteiger partial charge < -0.3 is 19.5 Å². The second-order valence-corrected chi connectivity index (χ2v) is 11.0. The standard InChI is InChI=1S/C23H24N4O7S2/c1-13-8-19-22(29)26(18-6-5-16(33-3)9-17(18)21(28)25(19)11-13)23(30)34-12-14(2)35-36-20-7-4-15(10-24-20)27(31)32/h4-7,9-10,14,19,22,29H,1,8,11-12H2,2-3H3/t14-,19?,22?/m1/s1. The van der Waals surface area contributed by atoms with Crippen LogP contribution in [0.25, 0.3) is 0 Å². The average molecular weight is 533 g/mol. The Morgan fingerprint density at radius 1 is 1.39 bits per heavy atom. The van der Waals surface area contributed by atoms with Gasteiger partial charge in [0.05, 0.1) is 29.3 Å². The molecule has 0 saturated carbocycles. The molecule has 1 fully saturated rings. The molecule has 1 aromatic heterocycles. The van der Waals surface area contributed by atoms with Gasteiger partial charge in [-0.2, -0.15) is 0 Å². The number of methoxy groups -OCH3 is 1. The molecular formula is C23H24N4O7S2. The van der Waals surface area contributed by atoms with Crippen LogP contribution in [0.1, 0.15) is 23.7 Å². The Labute approximate surface area is 215 Å². The number of nitro groups is 1. The second-order valence-electron chi connectivity index (χ2n) is 8.30. The minimum absolute atomic E-state index is 0.0211.